The Morgan fingerprint density at radius 1 is 1.03 bits per heavy atom. The predicted molar refractivity (Wildman–Crippen MR) is 126 cm³/mol. The van der Waals surface area contributed by atoms with Crippen molar-refractivity contribution in [2.45, 2.75) is 77.9 Å². The van der Waals surface area contributed by atoms with Crippen LogP contribution in [0.4, 0.5) is 4.79 Å². The molecule has 2 heterocycles. The number of piperidine rings is 2. The van der Waals surface area contributed by atoms with Crippen molar-refractivity contribution in [3.63, 3.8) is 0 Å². The lowest BCUT2D eigenvalue weighted by Gasteiger charge is -2.40. The Morgan fingerprint density at radius 3 is 2.23 bits per heavy atom. The lowest BCUT2D eigenvalue weighted by molar-refractivity contribution is 0.00928. The summed E-state index contributed by atoms with van der Waals surface area (Å²) in [6, 6.07) is 0.267. The smallest absolute Gasteiger partial charge is 0.410 e. The van der Waals surface area contributed by atoms with Crippen LogP contribution in [0.1, 0.15) is 66.2 Å². The third-order valence-corrected chi connectivity index (χ3v) is 6.66. The second-order valence-electron chi connectivity index (χ2n) is 10.7. The molecule has 7 nitrogen and oxygen atoms in total. The Balaban J connectivity index is 1.55. The minimum absolute atomic E-state index is 0.138. The van der Waals surface area contributed by atoms with Gasteiger partial charge < -0.3 is 24.8 Å². The van der Waals surface area contributed by atoms with Crippen molar-refractivity contribution in [1.29, 1.82) is 0 Å². The number of hydrogen-bond acceptors (Lipinski definition) is 4. The number of nitrogens with one attached hydrogen (secondary N) is 1. The molecule has 1 N–H and O–H groups in total. The standard InChI is InChI=1S/C24H45N5O2/c1-6-25-22(26-17-19-9-13-27(5)14-10-19)28-15-11-21(12-16-28)29(18-20-7-8-20)23(30)31-24(2,3)4/h19-21H,6-18H2,1-5H3,(H,25,26). The first kappa shape index (κ1) is 24.1. The second-order valence-corrected chi connectivity index (χ2v) is 10.7. The molecular weight excluding hydrogens is 390 g/mol. The Kier molecular flexibility index (Phi) is 8.48. The molecule has 0 radical (unpaired) electrons. The molecule has 2 aliphatic heterocycles. The molecule has 3 fully saturated rings. The Labute approximate surface area is 189 Å². The number of amides is 1. The van der Waals surface area contributed by atoms with E-state index in [0.717, 1.165) is 51.5 Å². The van der Waals surface area contributed by atoms with Crippen LogP contribution in [0.3, 0.4) is 0 Å². The predicted octanol–water partition coefficient (Wildman–Crippen LogP) is 3.41. The number of likely N-dealkylation sites (tertiary alicyclic amines) is 2. The molecule has 0 aromatic carbocycles. The highest BCUT2D eigenvalue weighted by Crippen LogP contribution is 2.32. The van der Waals surface area contributed by atoms with Gasteiger partial charge in [-0.05, 0) is 98.2 Å². The van der Waals surface area contributed by atoms with E-state index < -0.39 is 5.60 Å². The summed E-state index contributed by atoms with van der Waals surface area (Å²) in [6.07, 6.45) is 6.79. The normalized spacial score (nSPS) is 22.5. The van der Waals surface area contributed by atoms with Crippen molar-refractivity contribution >= 4 is 12.1 Å². The van der Waals surface area contributed by atoms with Gasteiger partial charge >= 0.3 is 6.09 Å². The van der Waals surface area contributed by atoms with Crippen LogP contribution in [-0.2, 0) is 4.74 Å². The van der Waals surface area contributed by atoms with E-state index in [1.54, 1.807) is 0 Å². The molecule has 0 bridgehead atoms. The summed E-state index contributed by atoms with van der Waals surface area (Å²) < 4.78 is 5.74. The van der Waals surface area contributed by atoms with Crippen LogP contribution in [0.2, 0.25) is 0 Å². The zero-order valence-electron chi connectivity index (χ0n) is 20.5. The van der Waals surface area contributed by atoms with Crippen LogP contribution in [0.5, 0.6) is 0 Å². The van der Waals surface area contributed by atoms with E-state index in [1.165, 1.54) is 38.8 Å². The fraction of sp³-hybridized carbons (Fsp3) is 0.917. The third kappa shape index (κ3) is 7.85. The van der Waals surface area contributed by atoms with E-state index in [1.807, 2.05) is 25.7 Å². The van der Waals surface area contributed by atoms with E-state index in [-0.39, 0.29) is 12.1 Å². The van der Waals surface area contributed by atoms with Crippen molar-refractivity contribution in [1.82, 2.24) is 20.0 Å². The largest absolute Gasteiger partial charge is 0.444 e. The van der Waals surface area contributed by atoms with Gasteiger partial charge in [-0.3, -0.25) is 4.99 Å². The molecule has 0 aromatic rings. The van der Waals surface area contributed by atoms with Crippen LogP contribution >= 0.6 is 0 Å². The van der Waals surface area contributed by atoms with Gasteiger partial charge in [0.2, 0.25) is 0 Å². The number of ether oxygens (including phenoxy) is 1. The Morgan fingerprint density at radius 2 is 1.68 bits per heavy atom. The molecule has 1 saturated carbocycles. The van der Waals surface area contributed by atoms with Gasteiger partial charge in [-0.15, -0.1) is 0 Å². The first-order valence-corrected chi connectivity index (χ1v) is 12.5. The fourth-order valence-corrected chi connectivity index (χ4v) is 4.55. The molecule has 1 aliphatic carbocycles. The number of rotatable bonds is 6. The van der Waals surface area contributed by atoms with E-state index in [0.29, 0.717) is 11.8 Å². The van der Waals surface area contributed by atoms with Gasteiger partial charge in [0, 0.05) is 38.8 Å². The van der Waals surface area contributed by atoms with Gasteiger partial charge in [-0.2, -0.15) is 0 Å². The topological polar surface area (TPSA) is 60.4 Å². The number of aliphatic imine (C=N–C) groups is 1. The highest BCUT2D eigenvalue weighted by molar-refractivity contribution is 5.80. The Hall–Kier alpha value is -1.50. The van der Waals surface area contributed by atoms with Crippen molar-refractivity contribution in [2.24, 2.45) is 16.8 Å². The minimum Gasteiger partial charge on any atom is -0.444 e. The van der Waals surface area contributed by atoms with Crippen molar-refractivity contribution in [2.75, 3.05) is 52.9 Å². The molecule has 3 rings (SSSR count). The van der Waals surface area contributed by atoms with Crippen molar-refractivity contribution in [3.05, 3.63) is 0 Å². The summed E-state index contributed by atoms with van der Waals surface area (Å²) >= 11 is 0. The number of carbonyl (C=O) groups is 1. The first-order chi connectivity index (χ1) is 14.7. The summed E-state index contributed by atoms with van der Waals surface area (Å²) in [7, 11) is 2.21. The number of carbonyl (C=O) groups excluding carboxylic acids is 1. The number of nitrogens with zero attached hydrogens (tertiary/aromatic N) is 4. The molecule has 0 atom stereocenters. The number of hydrogen-bond donors (Lipinski definition) is 1. The highest BCUT2D eigenvalue weighted by Gasteiger charge is 2.35. The van der Waals surface area contributed by atoms with Crippen LogP contribution in [0.25, 0.3) is 0 Å². The molecule has 0 unspecified atom stereocenters. The lowest BCUT2D eigenvalue weighted by atomic mass is 9.97. The first-order valence-electron chi connectivity index (χ1n) is 12.5. The van der Waals surface area contributed by atoms with E-state index in [2.05, 4.69) is 29.1 Å². The summed E-state index contributed by atoms with van der Waals surface area (Å²) in [5, 5.41) is 3.50. The van der Waals surface area contributed by atoms with E-state index in [4.69, 9.17) is 9.73 Å². The van der Waals surface area contributed by atoms with Gasteiger partial charge in [0.05, 0.1) is 0 Å². The van der Waals surface area contributed by atoms with E-state index in [9.17, 15) is 4.79 Å². The lowest BCUT2D eigenvalue weighted by Crippen LogP contribution is -2.52. The highest BCUT2D eigenvalue weighted by atomic mass is 16.6. The van der Waals surface area contributed by atoms with Crippen LogP contribution in [-0.4, -0.2) is 91.3 Å². The third-order valence-electron chi connectivity index (χ3n) is 6.66. The van der Waals surface area contributed by atoms with Crippen molar-refractivity contribution in [3.8, 4) is 0 Å². The minimum atomic E-state index is -0.446. The van der Waals surface area contributed by atoms with Gasteiger partial charge in [-0.25, -0.2) is 4.79 Å². The fourth-order valence-electron chi connectivity index (χ4n) is 4.55. The van der Waals surface area contributed by atoms with Gasteiger partial charge in [-0.1, -0.05) is 0 Å². The quantitative estimate of drug-likeness (QED) is 0.512. The maximum absolute atomic E-state index is 12.9. The summed E-state index contributed by atoms with van der Waals surface area (Å²) in [5.41, 5.74) is -0.446. The van der Waals surface area contributed by atoms with E-state index >= 15 is 0 Å². The zero-order chi connectivity index (χ0) is 22.4. The number of guanidine groups is 1. The monoisotopic (exact) mass is 435 g/mol. The SMILES string of the molecule is CCNC(=NCC1CCN(C)CC1)N1CCC(N(CC2CC2)C(=O)OC(C)(C)C)CC1. The molecule has 178 valence electrons. The average molecular weight is 436 g/mol. The molecule has 3 aliphatic rings. The maximum atomic E-state index is 12.9. The summed E-state index contributed by atoms with van der Waals surface area (Å²) in [5.74, 6) is 2.41. The Bertz CT molecular complexity index is 598. The maximum Gasteiger partial charge on any atom is 0.410 e. The molecule has 2 saturated heterocycles. The zero-order valence-corrected chi connectivity index (χ0v) is 20.5. The summed E-state index contributed by atoms with van der Waals surface area (Å²) in [4.78, 5) is 24.7. The van der Waals surface area contributed by atoms with Crippen LogP contribution in [0.15, 0.2) is 4.99 Å². The van der Waals surface area contributed by atoms with Crippen LogP contribution in [0, 0.1) is 11.8 Å². The molecule has 7 heteroatoms. The molecule has 31 heavy (non-hydrogen) atoms. The molecule has 0 spiro atoms. The second kappa shape index (κ2) is 10.9. The van der Waals surface area contributed by atoms with Gasteiger partial charge in [0.25, 0.3) is 0 Å². The van der Waals surface area contributed by atoms with Gasteiger partial charge in [0.15, 0.2) is 5.96 Å². The van der Waals surface area contributed by atoms with Gasteiger partial charge in [0.1, 0.15) is 5.60 Å². The molecule has 0 aromatic heterocycles. The molecule has 1 amide bonds. The summed E-state index contributed by atoms with van der Waals surface area (Å²) in [6.45, 7) is 14.9. The van der Waals surface area contributed by atoms with Crippen molar-refractivity contribution < 1.29 is 9.53 Å². The molecular formula is C24H45N5O2. The van der Waals surface area contributed by atoms with Crippen LogP contribution < -0.4 is 5.32 Å². The average Bonchev–Trinajstić information content (AvgIpc) is 3.54.